The van der Waals surface area contributed by atoms with Crippen LogP contribution in [0.25, 0.3) is 0 Å². The molecule has 12 heavy (non-hydrogen) atoms. The Labute approximate surface area is 70.0 Å². The number of nitrogens with two attached hydrogens (primary N) is 1. The zero-order valence-electron chi connectivity index (χ0n) is 6.82. The van der Waals surface area contributed by atoms with Crippen LogP contribution < -0.4 is 11.3 Å². The summed E-state index contributed by atoms with van der Waals surface area (Å²) in [6, 6.07) is 2.67. The van der Waals surface area contributed by atoms with Gasteiger partial charge in [0, 0.05) is 11.8 Å². The number of rotatable bonds is 2. The van der Waals surface area contributed by atoms with Crippen LogP contribution in [0.3, 0.4) is 0 Å². The zero-order valence-corrected chi connectivity index (χ0v) is 6.82. The molecule has 1 aromatic heterocycles. The maximum absolute atomic E-state index is 11.1. The lowest BCUT2D eigenvalue weighted by atomic mass is 10.1. The molecule has 0 bridgehead atoms. The van der Waals surface area contributed by atoms with E-state index in [9.17, 15) is 4.79 Å². The first-order valence-electron chi connectivity index (χ1n) is 3.74. The highest BCUT2D eigenvalue weighted by atomic mass is 16.3. The van der Waals surface area contributed by atoms with Gasteiger partial charge in [-0.2, -0.15) is 0 Å². The average Bonchev–Trinajstić information content (AvgIpc) is 2.04. The molecule has 0 radical (unpaired) electrons. The lowest BCUT2D eigenvalue weighted by Crippen LogP contribution is -2.29. The molecule has 4 nitrogen and oxygen atoms in total. The highest BCUT2D eigenvalue weighted by Crippen LogP contribution is 2.07. The van der Waals surface area contributed by atoms with E-state index < -0.39 is 12.1 Å². The average molecular weight is 168 g/mol. The first-order valence-corrected chi connectivity index (χ1v) is 3.74. The van der Waals surface area contributed by atoms with E-state index in [0.29, 0.717) is 5.56 Å². The molecule has 0 fully saturated rings. The van der Waals surface area contributed by atoms with Gasteiger partial charge in [0.1, 0.15) is 0 Å². The molecule has 0 aliphatic rings. The van der Waals surface area contributed by atoms with E-state index in [1.54, 1.807) is 19.1 Å². The van der Waals surface area contributed by atoms with Crippen LogP contribution >= 0.6 is 0 Å². The van der Waals surface area contributed by atoms with Gasteiger partial charge in [-0.25, -0.2) is 0 Å². The van der Waals surface area contributed by atoms with Gasteiger partial charge in [0.2, 0.25) is 0 Å². The van der Waals surface area contributed by atoms with Crippen LogP contribution in [0, 0.1) is 0 Å². The van der Waals surface area contributed by atoms with Crippen LogP contribution in [0.1, 0.15) is 18.5 Å². The van der Waals surface area contributed by atoms with Crippen LogP contribution in [-0.4, -0.2) is 16.2 Å². The van der Waals surface area contributed by atoms with Gasteiger partial charge < -0.3 is 15.8 Å². The minimum Gasteiger partial charge on any atom is -0.391 e. The Hall–Kier alpha value is -1.13. The third-order valence-corrected chi connectivity index (χ3v) is 1.73. The fourth-order valence-corrected chi connectivity index (χ4v) is 0.957. The molecule has 0 aromatic carbocycles. The predicted molar refractivity (Wildman–Crippen MR) is 45.7 cm³/mol. The maximum Gasteiger partial charge on any atom is 0.252 e. The van der Waals surface area contributed by atoms with E-state index in [1.807, 2.05) is 0 Å². The number of hydrogen-bond acceptors (Lipinski definition) is 3. The molecule has 1 heterocycles. The third-order valence-electron chi connectivity index (χ3n) is 1.73. The second-order valence-electron chi connectivity index (χ2n) is 2.72. The van der Waals surface area contributed by atoms with E-state index in [2.05, 4.69) is 4.98 Å². The van der Waals surface area contributed by atoms with Gasteiger partial charge in [-0.05, 0) is 13.0 Å². The molecule has 0 aliphatic heterocycles. The quantitative estimate of drug-likeness (QED) is 0.570. The largest absolute Gasteiger partial charge is 0.391 e. The van der Waals surface area contributed by atoms with Crippen molar-refractivity contribution in [2.75, 3.05) is 0 Å². The molecule has 0 saturated heterocycles. The van der Waals surface area contributed by atoms with Crippen molar-refractivity contribution in [3.8, 4) is 0 Å². The number of aromatic amines is 1. The van der Waals surface area contributed by atoms with E-state index in [0.717, 1.165) is 0 Å². The minimum absolute atomic E-state index is 0.245. The van der Waals surface area contributed by atoms with E-state index >= 15 is 0 Å². The molecule has 0 amide bonds. The van der Waals surface area contributed by atoms with Gasteiger partial charge in [0.25, 0.3) is 5.56 Å². The van der Waals surface area contributed by atoms with Gasteiger partial charge in [-0.1, -0.05) is 6.07 Å². The summed E-state index contributed by atoms with van der Waals surface area (Å²) in [5.74, 6) is 0. The van der Waals surface area contributed by atoms with Crippen molar-refractivity contribution in [3.63, 3.8) is 0 Å². The van der Waals surface area contributed by atoms with Gasteiger partial charge in [0.05, 0.1) is 12.1 Å². The second-order valence-corrected chi connectivity index (χ2v) is 2.72. The molecular weight excluding hydrogens is 156 g/mol. The van der Waals surface area contributed by atoms with Crippen LogP contribution in [-0.2, 0) is 0 Å². The van der Waals surface area contributed by atoms with Crippen LogP contribution in [0.2, 0.25) is 0 Å². The number of H-pyrrole nitrogens is 1. The van der Waals surface area contributed by atoms with Crippen LogP contribution in [0.5, 0.6) is 0 Å². The highest BCUT2D eigenvalue weighted by molar-refractivity contribution is 5.14. The number of aromatic nitrogens is 1. The van der Waals surface area contributed by atoms with E-state index in [1.165, 1.54) is 6.20 Å². The van der Waals surface area contributed by atoms with Gasteiger partial charge in [-0.15, -0.1) is 0 Å². The summed E-state index contributed by atoms with van der Waals surface area (Å²) in [5, 5.41) is 9.12. The van der Waals surface area contributed by atoms with Gasteiger partial charge in [0.15, 0.2) is 0 Å². The molecule has 0 spiro atoms. The number of pyridine rings is 1. The van der Waals surface area contributed by atoms with Crippen molar-refractivity contribution >= 4 is 0 Å². The number of aliphatic hydroxyl groups is 1. The van der Waals surface area contributed by atoms with Crippen molar-refractivity contribution in [2.24, 2.45) is 5.73 Å². The fourth-order valence-electron chi connectivity index (χ4n) is 0.957. The molecule has 66 valence electrons. The molecule has 4 heteroatoms. The Balaban J connectivity index is 3.03. The number of nitrogens with one attached hydrogen (secondary N) is 1. The number of hydrogen-bond donors (Lipinski definition) is 3. The third kappa shape index (κ3) is 1.72. The maximum atomic E-state index is 11.1. The summed E-state index contributed by atoms with van der Waals surface area (Å²) >= 11 is 0. The molecule has 1 rings (SSSR count). The van der Waals surface area contributed by atoms with Gasteiger partial charge >= 0.3 is 0 Å². The van der Waals surface area contributed by atoms with Crippen molar-refractivity contribution in [1.29, 1.82) is 0 Å². The Bertz CT molecular complexity index is 306. The van der Waals surface area contributed by atoms with Gasteiger partial charge in [-0.3, -0.25) is 4.79 Å². The van der Waals surface area contributed by atoms with E-state index in [4.69, 9.17) is 10.8 Å². The molecular formula is C8H12N2O2. The monoisotopic (exact) mass is 168 g/mol. The summed E-state index contributed by atoms with van der Waals surface area (Å²) < 4.78 is 0. The lowest BCUT2D eigenvalue weighted by Gasteiger charge is -2.13. The predicted octanol–water partition coefficient (Wildman–Crippen LogP) is -0.244. The van der Waals surface area contributed by atoms with Crippen molar-refractivity contribution in [2.45, 2.75) is 19.1 Å². The van der Waals surface area contributed by atoms with Crippen LogP contribution in [0.15, 0.2) is 23.1 Å². The zero-order chi connectivity index (χ0) is 9.14. The first-order chi connectivity index (χ1) is 5.63. The summed E-state index contributed by atoms with van der Waals surface area (Å²) in [6.07, 6.45) is 0.814. The topological polar surface area (TPSA) is 79.1 Å². The van der Waals surface area contributed by atoms with Crippen LogP contribution in [0.4, 0.5) is 0 Å². The fraction of sp³-hybridized carbons (Fsp3) is 0.375. The summed E-state index contributed by atoms with van der Waals surface area (Å²) in [7, 11) is 0. The van der Waals surface area contributed by atoms with Crippen molar-refractivity contribution in [3.05, 3.63) is 34.2 Å². The van der Waals surface area contributed by atoms with Crippen molar-refractivity contribution < 1.29 is 5.11 Å². The minimum atomic E-state index is -0.714. The molecule has 1 aromatic rings. The highest BCUT2D eigenvalue weighted by Gasteiger charge is 2.14. The smallest absolute Gasteiger partial charge is 0.252 e. The standard InChI is InChI=1S/C8H12N2O2/c1-5(11)7(9)6-3-2-4-10-8(6)12/h2-5,7,11H,9H2,1H3,(H,10,12). The lowest BCUT2D eigenvalue weighted by molar-refractivity contribution is 0.163. The van der Waals surface area contributed by atoms with Crippen molar-refractivity contribution in [1.82, 2.24) is 4.98 Å². The number of aliphatic hydroxyl groups excluding tert-OH is 1. The summed E-state index contributed by atoms with van der Waals surface area (Å²) in [6.45, 7) is 1.55. The molecule has 4 N–H and O–H groups in total. The Morgan fingerprint density at radius 1 is 1.67 bits per heavy atom. The molecule has 0 aliphatic carbocycles. The Kier molecular flexibility index (Phi) is 2.62. The summed E-state index contributed by atoms with van der Waals surface area (Å²) in [5.41, 5.74) is 5.73. The Morgan fingerprint density at radius 2 is 2.33 bits per heavy atom. The summed E-state index contributed by atoms with van der Waals surface area (Å²) in [4.78, 5) is 13.6. The normalized spacial score (nSPS) is 15.6. The molecule has 2 unspecified atom stereocenters. The molecule has 0 saturated carbocycles. The first kappa shape index (κ1) is 8.96. The second kappa shape index (κ2) is 3.51. The Morgan fingerprint density at radius 3 is 2.83 bits per heavy atom. The van der Waals surface area contributed by atoms with E-state index in [-0.39, 0.29) is 5.56 Å². The molecule has 2 atom stereocenters. The SMILES string of the molecule is CC(O)C(N)c1ccc[nH]c1=O.